The number of carboxylic acids is 1. The van der Waals surface area contributed by atoms with E-state index in [4.69, 9.17) is 9.63 Å². The molecule has 2 heterocycles. The van der Waals surface area contributed by atoms with Gasteiger partial charge in [-0.3, -0.25) is 4.79 Å². The average molecular weight is 292 g/mol. The number of carbonyl (C=O) groups is 2. The molecule has 0 radical (unpaired) electrons. The molecule has 0 aliphatic heterocycles. The topological polar surface area (TPSA) is 92.4 Å². The molecule has 0 bridgehead atoms. The average Bonchev–Trinajstić information content (AvgIpc) is 3.02. The molecule has 104 valence electrons. The Balaban J connectivity index is 1.93. The molecule has 2 N–H and O–H groups in total. The molecule has 0 saturated heterocycles. The van der Waals surface area contributed by atoms with Crippen molar-refractivity contribution in [2.45, 2.75) is 13.5 Å². The standard InChI is InChI=1S/C13H12N2O4S/c1-8-11(6-15-19-8)13(18)14-5-10-4-9(7-20-10)2-3-12(16)17/h2-4,6-7H,5H2,1H3,(H,14,18)(H,16,17). The van der Waals surface area contributed by atoms with E-state index in [0.717, 1.165) is 16.5 Å². The molecule has 0 fully saturated rings. The number of nitrogens with one attached hydrogen (secondary N) is 1. The largest absolute Gasteiger partial charge is 0.478 e. The van der Waals surface area contributed by atoms with Crippen LogP contribution in [0.1, 0.15) is 26.6 Å². The van der Waals surface area contributed by atoms with Gasteiger partial charge < -0.3 is 14.9 Å². The van der Waals surface area contributed by atoms with Crippen molar-refractivity contribution in [3.8, 4) is 0 Å². The molecular formula is C13H12N2O4S. The molecule has 6 nitrogen and oxygen atoms in total. The molecule has 0 atom stereocenters. The summed E-state index contributed by atoms with van der Waals surface area (Å²) in [5.41, 5.74) is 1.20. The number of amides is 1. The molecule has 0 aliphatic rings. The number of aliphatic carboxylic acids is 1. The number of nitrogens with zero attached hydrogens (tertiary/aromatic N) is 1. The summed E-state index contributed by atoms with van der Waals surface area (Å²) in [5.74, 6) is -0.771. The van der Waals surface area contributed by atoms with Crippen LogP contribution in [-0.4, -0.2) is 22.1 Å². The van der Waals surface area contributed by atoms with Crippen molar-refractivity contribution in [3.63, 3.8) is 0 Å². The van der Waals surface area contributed by atoms with Crippen molar-refractivity contribution in [2.75, 3.05) is 0 Å². The van der Waals surface area contributed by atoms with E-state index in [9.17, 15) is 9.59 Å². The molecule has 0 spiro atoms. The van der Waals surface area contributed by atoms with Crippen LogP contribution in [0.2, 0.25) is 0 Å². The van der Waals surface area contributed by atoms with E-state index >= 15 is 0 Å². The fourth-order valence-electron chi connectivity index (χ4n) is 1.52. The number of hydrogen-bond acceptors (Lipinski definition) is 5. The number of thiophene rings is 1. The van der Waals surface area contributed by atoms with E-state index in [0.29, 0.717) is 17.9 Å². The molecule has 2 aromatic rings. The van der Waals surface area contributed by atoms with Crippen LogP contribution < -0.4 is 5.32 Å². The van der Waals surface area contributed by atoms with Gasteiger partial charge in [0.1, 0.15) is 11.3 Å². The van der Waals surface area contributed by atoms with Crippen LogP contribution in [0.5, 0.6) is 0 Å². The number of rotatable bonds is 5. The fraction of sp³-hybridized carbons (Fsp3) is 0.154. The van der Waals surface area contributed by atoms with Crippen molar-refractivity contribution in [1.82, 2.24) is 10.5 Å². The summed E-state index contributed by atoms with van der Waals surface area (Å²) in [6, 6.07) is 1.82. The highest BCUT2D eigenvalue weighted by Gasteiger charge is 2.12. The first-order chi connectivity index (χ1) is 9.56. The number of aryl methyl sites for hydroxylation is 1. The lowest BCUT2D eigenvalue weighted by Crippen LogP contribution is -2.22. The van der Waals surface area contributed by atoms with Gasteiger partial charge in [-0.2, -0.15) is 0 Å². The van der Waals surface area contributed by atoms with Crippen LogP contribution in [0.15, 0.2) is 28.2 Å². The van der Waals surface area contributed by atoms with Gasteiger partial charge in [-0.15, -0.1) is 11.3 Å². The normalized spacial score (nSPS) is 10.8. The Bertz CT molecular complexity index is 657. The van der Waals surface area contributed by atoms with Gasteiger partial charge in [0.15, 0.2) is 0 Å². The van der Waals surface area contributed by atoms with Gasteiger partial charge in [-0.05, 0) is 30.0 Å². The number of aromatic nitrogens is 1. The van der Waals surface area contributed by atoms with Crippen LogP contribution in [0, 0.1) is 6.92 Å². The van der Waals surface area contributed by atoms with Gasteiger partial charge >= 0.3 is 5.97 Å². The zero-order chi connectivity index (χ0) is 14.5. The van der Waals surface area contributed by atoms with E-state index in [1.54, 1.807) is 6.92 Å². The minimum Gasteiger partial charge on any atom is -0.478 e. The van der Waals surface area contributed by atoms with Gasteiger partial charge in [0.25, 0.3) is 5.91 Å². The summed E-state index contributed by atoms with van der Waals surface area (Å²) in [6.45, 7) is 2.04. The summed E-state index contributed by atoms with van der Waals surface area (Å²) >= 11 is 1.45. The van der Waals surface area contributed by atoms with Crippen molar-refractivity contribution < 1.29 is 19.2 Å². The van der Waals surface area contributed by atoms with Gasteiger partial charge in [0, 0.05) is 11.0 Å². The third-order valence-corrected chi connectivity index (χ3v) is 3.47. The Labute approximate surface area is 118 Å². The highest BCUT2D eigenvalue weighted by molar-refractivity contribution is 7.10. The monoisotopic (exact) mass is 292 g/mol. The molecule has 2 aromatic heterocycles. The first-order valence-electron chi connectivity index (χ1n) is 5.74. The van der Waals surface area contributed by atoms with E-state index in [1.165, 1.54) is 23.6 Å². The predicted octanol–water partition coefficient (Wildman–Crippen LogP) is 2.07. The van der Waals surface area contributed by atoms with Crippen molar-refractivity contribution >= 4 is 29.3 Å². The predicted molar refractivity (Wildman–Crippen MR) is 73.4 cm³/mol. The highest BCUT2D eigenvalue weighted by Crippen LogP contribution is 2.16. The highest BCUT2D eigenvalue weighted by atomic mass is 32.1. The zero-order valence-corrected chi connectivity index (χ0v) is 11.4. The molecule has 0 aliphatic carbocycles. The third kappa shape index (κ3) is 3.55. The quantitative estimate of drug-likeness (QED) is 0.823. The van der Waals surface area contributed by atoms with Crippen LogP contribution in [0.4, 0.5) is 0 Å². The lowest BCUT2D eigenvalue weighted by molar-refractivity contribution is -0.131. The molecule has 20 heavy (non-hydrogen) atoms. The van der Waals surface area contributed by atoms with E-state index < -0.39 is 5.97 Å². The van der Waals surface area contributed by atoms with E-state index in [-0.39, 0.29) is 5.91 Å². The van der Waals surface area contributed by atoms with Crippen molar-refractivity contribution in [1.29, 1.82) is 0 Å². The summed E-state index contributed by atoms with van der Waals surface area (Å²) in [4.78, 5) is 23.2. The third-order valence-electron chi connectivity index (χ3n) is 2.51. The molecule has 0 saturated carbocycles. The Morgan fingerprint density at radius 1 is 1.55 bits per heavy atom. The molecule has 0 aromatic carbocycles. The first-order valence-corrected chi connectivity index (χ1v) is 6.62. The Morgan fingerprint density at radius 3 is 3.00 bits per heavy atom. The van der Waals surface area contributed by atoms with Crippen LogP contribution in [0.3, 0.4) is 0 Å². The Kier molecular flexibility index (Phi) is 4.31. The second kappa shape index (κ2) is 6.16. The van der Waals surface area contributed by atoms with Crippen LogP contribution in [-0.2, 0) is 11.3 Å². The SMILES string of the molecule is Cc1oncc1C(=O)NCc1cc(C=CC(=O)O)cs1. The molecule has 7 heteroatoms. The minimum absolute atomic E-state index is 0.250. The van der Waals surface area contributed by atoms with Gasteiger partial charge in [0.2, 0.25) is 0 Å². The Morgan fingerprint density at radius 2 is 2.35 bits per heavy atom. The zero-order valence-electron chi connectivity index (χ0n) is 10.6. The van der Waals surface area contributed by atoms with Gasteiger partial charge in [-0.25, -0.2) is 4.79 Å². The van der Waals surface area contributed by atoms with Crippen molar-refractivity contribution in [3.05, 3.63) is 45.5 Å². The lowest BCUT2D eigenvalue weighted by Gasteiger charge is -2.01. The maximum absolute atomic E-state index is 11.8. The number of carboxylic acid groups (broad SMARTS) is 1. The number of hydrogen-bond donors (Lipinski definition) is 2. The molecule has 1 amide bonds. The van der Waals surface area contributed by atoms with Crippen molar-refractivity contribution in [2.24, 2.45) is 0 Å². The maximum atomic E-state index is 11.8. The van der Waals surface area contributed by atoms with Gasteiger partial charge in [-0.1, -0.05) is 5.16 Å². The molecular weight excluding hydrogens is 280 g/mol. The van der Waals surface area contributed by atoms with Crippen LogP contribution in [0.25, 0.3) is 6.08 Å². The second-order valence-electron chi connectivity index (χ2n) is 4.00. The lowest BCUT2D eigenvalue weighted by atomic mass is 10.2. The molecule has 2 rings (SSSR count). The van der Waals surface area contributed by atoms with E-state index in [1.807, 2.05) is 11.4 Å². The summed E-state index contributed by atoms with van der Waals surface area (Å²) in [6.07, 6.45) is 3.96. The summed E-state index contributed by atoms with van der Waals surface area (Å²) in [5, 5.41) is 16.7. The Hall–Kier alpha value is -2.41. The smallest absolute Gasteiger partial charge is 0.328 e. The van der Waals surface area contributed by atoms with E-state index in [2.05, 4.69) is 10.5 Å². The molecule has 0 unspecified atom stereocenters. The second-order valence-corrected chi connectivity index (χ2v) is 4.99. The summed E-state index contributed by atoms with van der Waals surface area (Å²) < 4.78 is 4.82. The number of carbonyl (C=O) groups excluding carboxylic acids is 1. The first kappa shape index (κ1) is 14.0. The van der Waals surface area contributed by atoms with Gasteiger partial charge in [0.05, 0.1) is 12.7 Å². The fourth-order valence-corrected chi connectivity index (χ4v) is 2.32. The summed E-state index contributed by atoms with van der Waals surface area (Å²) in [7, 11) is 0. The van der Waals surface area contributed by atoms with Crippen LogP contribution >= 0.6 is 11.3 Å². The minimum atomic E-state index is -0.992. The maximum Gasteiger partial charge on any atom is 0.328 e.